The molecular formula is C6H7Br2N7O. The van der Waals surface area contributed by atoms with E-state index in [1.807, 2.05) is 0 Å². The van der Waals surface area contributed by atoms with Crippen LogP contribution in [0.1, 0.15) is 0 Å². The van der Waals surface area contributed by atoms with Crippen LogP contribution in [0.2, 0.25) is 0 Å². The Morgan fingerprint density at radius 1 is 1.56 bits per heavy atom. The number of nitrogens with one attached hydrogen (secondary N) is 1. The average molecular weight is 353 g/mol. The molecule has 0 aliphatic carbocycles. The SMILES string of the molecule is NNC(=O)N(N)N=Nc1ncc(Br)cc1Br. The van der Waals surface area contributed by atoms with Crippen molar-refractivity contribution in [2.45, 2.75) is 0 Å². The second-order valence-corrected chi connectivity index (χ2v) is 4.21. The van der Waals surface area contributed by atoms with Crippen LogP contribution in [0.15, 0.2) is 31.5 Å². The maximum Gasteiger partial charge on any atom is 0.368 e. The minimum absolute atomic E-state index is 0.281. The van der Waals surface area contributed by atoms with E-state index in [4.69, 9.17) is 11.7 Å². The van der Waals surface area contributed by atoms with Gasteiger partial charge in [0.15, 0.2) is 5.82 Å². The highest BCUT2D eigenvalue weighted by Gasteiger charge is 2.06. The van der Waals surface area contributed by atoms with Crippen molar-refractivity contribution in [2.75, 3.05) is 0 Å². The van der Waals surface area contributed by atoms with Gasteiger partial charge in [0.05, 0.1) is 4.47 Å². The Bertz CT molecular complexity index is 423. The van der Waals surface area contributed by atoms with E-state index in [9.17, 15) is 4.79 Å². The molecule has 1 aromatic rings. The molecule has 0 unspecified atom stereocenters. The smallest absolute Gasteiger partial charge is 0.273 e. The quantitative estimate of drug-likeness (QED) is 0.322. The first kappa shape index (κ1) is 13.0. The summed E-state index contributed by atoms with van der Waals surface area (Å²) in [6.45, 7) is 0. The number of hydrogen-bond donors (Lipinski definition) is 3. The summed E-state index contributed by atoms with van der Waals surface area (Å²) < 4.78 is 1.38. The Morgan fingerprint density at radius 3 is 2.81 bits per heavy atom. The predicted molar refractivity (Wildman–Crippen MR) is 62.9 cm³/mol. The van der Waals surface area contributed by atoms with Crippen LogP contribution >= 0.6 is 31.9 Å². The fraction of sp³-hybridized carbons (Fsp3) is 0. The molecule has 1 aromatic heterocycles. The minimum atomic E-state index is -0.794. The molecule has 86 valence electrons. The van der Waals surface area contributed by atoms with Crippen LogP contribution in [0.5, 0.6) is 0 Å². The van der Waals surface area contributed by atoms with E-state index in [1.165, 1.54) is 6.20 Å². The Hall–Kier alpha value is -1.10. The van der Waals surface area contributed by atoms with Gasteiger partial charge < -0.3 is 0 Å². The first-order valence-electron chi connectivity index (χ1n) is 3.82. The largest absolute Gasteiger partial charge is 0.368 e. The molecular weight excluding hydrogens is 346 g/mol. The van der Waals surface area contributed by atoms with Crippen molar-refractivity contribution in [3.05, 3.63) is 21.2 Å². The number of urea groups is 1. The molecule has 5 N–H and O–H groups in total. The number of amides is 2. The molecule has 0 aliphatic rings. The molecule has 0 bridgehead atoms. The number of aromatic nitrogens is 1. The van der Waals surface area contributed by atoms with Crippen LogP contribution in [0.25, 0.3) is 0 Å². The maximum absolute atomic E-state index is 10.8. The zero-order valence-electron chi connectivity index (χ0n) is 7.76. The van der Waals surface area contributed by atoms with Crippen molar-refractivity contribution in [2.24, 2.45) is 22.0 Å². The second-order valence-electron chi connectivity index (χ2n) is 2.44. The summed E-state index contributed by atoms with van der Waals surface area (Å²) in [6, 6.07) is 0.933. The zero-order chi connectivity index (χ0) is 12.1. The van der Waals surface area contributed by atoms with Gasteiger partial charge in [-0.15, -0.1) is 10.2 Å². The van der Waals surface area contributed by atoms with Crippen LogP contribution in [-0.2, 0) is 0 Å². The number of hydrogen-bond acceptors (Lipinski definition) is 6. The van der Waals surface area contributed by atoms with E-state index in [2.05, 4.69) is 47.2 Å². The molecule has 0 aromatic carbocycles. The molecule has 0 radical (unpaired) electrons. The molecule has 16 heavy (non-hydrogen) atoms. The van der Waals surface area contributed by atoms with Gasteiger partial charge in [0, 0.05) is 10.7 Å². The summed E-state index contributed by atoms with van der Waals surface area (Å²) in [6.07, 6.45) is 1.53. The third-order valence-corrected chi connectivity index (χ3v) is 2.37. The Kier molecular flexibility index (Phi) is 4.73. The highest BCUT2D eigenvalue weighted by Crippen LogP contribution is 2.25. The summed E-state index contributed by atoms with van der Waals surface area (Å²) in [5.74, 6) is 10.3. The molecule has 0 fully saturated rings. The maximum atomic E-state index is 10.8. The first-order chi connectivity index (χ1) is 7.54. The summed E-state index contributed by atoms with van der Waals surface area (Å²) in [4.78, 5) is 14.8. The summed E-state index contributed by atoms with van der Waals surface area (Å²) in [7, 11) is 0. The van der Waals surface area contributed by atoms with Gasteiger partial charge in [-0.2, -0.15) is 0 Å². The van der Waals surface area contributed by atoms with Crippen LogP contribution < -0.4 is 17.1 Å². The van der Waals surface area contributed by atoms with Gasteiger partial charge in [0.25, 0.3) is 0 Å². The molecule has 10 heteroatoms. The lowest BCUT2D eigenvalue weighted by atomic mass is 10.5. The fourth-order valence-corrected chi connectivity index (χ4v) is 1.75. The number of halogens is 2. The van der Waals surface area contributed by atoms with Crippen LogP contribution in [0.3, 0.4) is 0 Å². The molecule has 0 saturated carbocycles. The second kappa shape index (κ2) is 5.84. The van der Waals surface area contributed by atoms with E-state index < -0.39 is 6.03 Å². The van der Waals surface area contributed by atoms with E-state index in [-0.39, 0.29) is 5.82 Å². The molecule has 0 spiro atoms. The lowest BCUT2D eigenvalue weighted by Gasteiger charge is -2.06. The minimum Gasteiger partial charge on any atom is -0.273 e. The summed E-state index contributed by atoms with van der Waals surface area (Å²) >= 11 is 6.45. The lowest BCUT2D eigenvalue weighted by molar-refractivity contribution is 0.197. The van der Waals surface area contributed by atoms with Gasteiger partial charge in [0.2, 0.25) is 0 Å². The highest BCUT2D eigenvalue weighted by molar-refractivity contribution is 9.11. The van der Waals surface area contributed by atoms with E-state index >= 15 is 0 Å². The van der Waals surface area contributed by atoms with E-state index in [1.54, 1.807) is 11.5 Å². The van der Waals surface area contributed by atoms with Crippen molar-refractivity contribution < 1.29 is 4.79 Å². The number of carbonyl (C=O) groups is 1. The van der Waals surface area contributed by atoms with Gasteiger partial charge in [-0.1, -0.05) is 0 Å². The van der Waals surface area contributed by atoms with Crippen LogP contribution in [0.4, 0.5) is 10.6 Å². The molecule has 1 rings (SSSR count). The number of nitrogens with two attached hydrogens (primary N) is 2. The fourth-order valence-electron chi connectivity index (χ4n) is 0.678. The van der Waals surface area contributed by atoms with Crippen molar-refractivity contribution in [3.63, 3.8) is 0 Å². The Labute approximate surface area is 107 Å². The van der Waals surface area contributed by atoms with E-state index in [0.717, 1.165) is 4.47 Å². The molecule has 1 heterocycles. The highest BCUT2D eigenvalue weighted by atomic mass is 79.9. The summed E-state index contributed by atoms with van der Waals surface area (Å²) in [5.41, 5.74) is 1.79. The number of hydrazine groups is 2. The monoisotopic (exact) mass is 351 g/mol. The summed E-state index contributed by atoms with van der Waals surface area (Å²) in [5, 5.41) is 7.49. The predicted octanol–water partition coefficient (Wildman–Crippen LogP) is 1.36. The van der Waals surface area contributed by atoms with Gasteiger partial charge in [-0.05, 0) is 43.1 Å². The zero-order valence-corrected chi connectivity index (χ0v) is 10.9. The van der Waals surface area contributed by atoms with Crippen molar-refractivity contribution in [1.82, 2.24) is 15.5 Å². The number of pyridine rings is 1. The first-order valence-corrected chi connectivity index (χ1v) is 5.41. The third-order valence-electron chi connectivity index (χ3n) is 1.36. The van der Waals surface area contributed by atoms with Crippen LogP contribution in [-0.4, -0.2) is 16.1 Å². The van der Waals surface area contributed by atoms with Crippen molar-refractivity contribution in [1.29, 1.82) is 0 Å². The molecule has 2 amide bonds. The Balaban J connectivity index is 2.80. The van der Waals surface area contributed by atoms with Gasteiger partial charge in [0.1, 0.15) is 0 Å². The number of carbonyl (C=O) groups excluding carboxylic acids is 1. The van der Waals surface area contributed by atoms with E-state index in [0.29, 0.717) is 9.59 Å². The average Bonchev–Trinajstić information content (AvgIpc) is 2.26. The van der Waals surface area contributed by atoms with Gasteiger partial charge in [-0.25, -0.2) is 21.5 Å². The van der Waals surface area contributed by atoms with Crippen molar-refractivity contribution >= 4 is 43.7 Å². The van der Waals surface area contributed by atoms with Gasteiger partial charge >= 0.3 is 6.03 Å². The molecule has 0 atom stereocenters. The standard InChI is InChI=1S/C6H7Br2N7O/c7-3-1-4(8)5(11-2-3)13-14-15(10)6(16)12-9/h1-2H,9-10H2,(H,12,16). The lowest BCUT2D eigenvalue weighted by Crippen LogP contribution is -2.44. The number of rotatable bonds is 2. The van der Waals surface area contributed by atoms with Crippen molar-refractivity contribution in [3.8, 4) is 0 Å². The molecule has 0 saturated heterocycles. The third kappa shape index (κ3) is 3.48. The Morgan fingerprint density at radius 2 is 2.25 bits per heavy atom. The molecule has 0 aliphatic heterocycles. The normalized spacial score (nSPS) is 10.5. The van der Waals surface area contributed by atoms with Gasteiger partial charge in [-0.3, -0.25) is 5.43 Å². The van der Waals surface area contributed by atoms with Crippen LogP contribution in [0, 0.1) is 0 Å². The topological polar surface area (TPSA) is 122 Å². The molecule has 8 nitrogen and oxygen atoms in total. The number of nitrogens with zero attached hydrogens (tertiary/aromatic N) is 4.